The number of nitrogens with two attached hydrogens (primary N) is 1. The molecule has 0 aliphatic heterocycles. The summed E-state index contributed by atoms with van der Waals surface area (Å²) in [4.78, 5) is 12.2. The molecule has 0 atom stereocenters. The van der Waals surface area contributed by atoms with Crippen molar-refractivity contribution in [2.45, 2.75) is 13.5 Å². The van der Waals surface area contributed by atoms with E-state index in [4.69, 9.17) is 5.73 Å². The van der Waals surface area contributed by atoms with Gasteiger partial charge in [-0.05, 0) is 36.8 Å². The van der Waals surface area contributed by atoms with Gasteiger partial charge in [0.05, 0.1) is 18.8 Å². The maximum atomic E-state index is 12.2. The molecule has 1 aromatic heterocycles. The van der Waals surface area contributed by atoms with Crippen LogP contribution in [-0.4, -0.2) is 22.6 Å². The zero-order valence-electron chi connectivity index (χ0n) is 11.8. The van der Waals surface area contributed by atoms with E-state index in [0.717, 1.165) is 11.1 Å². The number of rotatable bonds is 3. The second-order valence-corrected chi connectivity index (χ2v) is 4.43. The third-order valence-electron chi connectivity index (χ3n) is 2.87. The van der Waals surface area contributed by atoms with E-state index in [9.17, 15) is 4.79 Å². The van der Waals surface area contributed by atoms with Gasteiger partial charge in [-0.1, -0.05) is 17.9 Å². The lowest BCUT2D eigenvalue weighted by molar-refractivity contribution is 0.0949. The van der Waals surface area contributed by atoms with Gasteiger partial charge in [-0.25, -0.2) is 0 Å². The molecule has 0 saturated carbocycles. The van der Waals surface area contributed by atoms with Crippen LogP contribution in [0.4, 0.5) is 0 Å². The maximum absolute atomic E-state index is 12.2. The summed E-state index contributed by atoms with van der Waals surface area (Å²) in [5.74, 6) is 5.54. The van der Waals surface area contributed by atoms with Crippen molar-refractivity contribution in [3.8, 4) is 11.8 Å². The average Bonchev–Trinajstić information content (AvgIpc) is 2.53. The number of aryl methyl sites for hydroxylation is 1. The van der Waals surface area contributed by atoms with Crippen LogP contribution in [-0.2, 0) is 6.54 Å². The molecule has 0 radical (unpaired) electrons. The minimum atomic E-state index is -0.158. The van der Waals surface area contributed by atoms with Crippen LogP contribution in [0.3, 0.4) is 0 Å². The Balaban J connectivity index is 2.11. The third-order valence-corrected chi connectivity index (χ3v) is 2.87. The van der Waals surface area contributed by atoms with E-state index in [1.807, 2.05) is 25.1 Å². The Hall–Kier alpha value is -2.71. The van der Waals surface area contributed by atoms with Crippen molar-refractivity contribution in [2.75, 3.05) is 6.54 Å². The van der Waals surface area contributed by atoms with E-state index in [1.165, 1.54) is 0 Å². The zero-order chi connectivity index (χ0) is 15.1. The highest BCUT2D eigenvalue weighted by Gasteiger charge is 2.09. The van der Waals surface area contributed by atoms with E-state index < -0.39 is 0 Å². The lowest BCUT2D eigenvalue weighted by atomic mass is 10.0. The van der Waals surface area contributed by atoms with E-state index in [2.05, 4.69) is 27.4 Å². The van der Waals surface area contributed by atoms with Crippen molar-refractivity contribution in [1.82, 2.24) is 15.5 Å². The van der Waals surface area contributed by atoms with Crippen molar-refractivity contribution >= 4 is 5.91 Å². The number of benzene rings is 1. The minimum Gasteiger partial charge on any atom is -0.346 e. The number of aromatic nitrogens is 2. The quantitative estimate of drug-likeness (QED) is 0.823. The second-order valence-electron chi connectivity index (χ2n) is 4.43. The van der Waals surface area contributed by atoms with E-state index in [1.54, 1.807) is 18.3 Å². The van der Waals surface area contributed by atoms with Gasteiger partial charge in [-0.15, -0.1) is 0 Å². The largest absolute Gasteiger partial charge is 0.346 e. The lowest BCUT2D eigenvalue weighted by Gasteiger charge is -2.07. The zero-order valence-corrected chi connectivity index (χ0v) is 11.8. The first-order valence-corrected chi connectivity index (χ1v) is 6.55. The predicted octanol–water partition coefficient (Wildman–Crippen LogP) is 1.03. The molecule has 0 saturated heterocycles. The fraction of sp³-hybridized carbons (Fsp3) is 0.188. The van der Waals surface area contributed by atoms with Crippen LogP contribution in [0.1, 0.15) is 27.2 Å². The highest BCUT2D eigenvalue weighted by molar-refractivity contribution is 5.95. The van der Waals surface area contributed by atoms with Crippen LogP contribution in [0.5, 0.6) is 0 Å². The van der Waals surface area contributed by atoms with Crippen molar-refractivity contribution in [1.29, 1.82) is 0 Å². The maximum Gasteiger partial charge on any atom is 0.251 e. The Bertz CT molecular complexity index is 686. The van der Waals surface area contributed by atoms with Crippen LogP contribution in [0, 0.1) is 18.8 Å². The standard InChI is InChI=1S/C16H16N4O/c1-12-6-7-13(4-2-8-17)10-15(12)16(21)18-11-14-5-3-9-19-20-14/h3,5-7,9-10H,8,11,17H2,1H3,(H,18,21). The summed E-state index contributed by atoms with van der Waals surface area (Å²) in [6.45, 7) is 2.52. The smallest absolute Gasteiger partial charge is 0.251 e. The van der Waals surface area contributed by atoms with Gasteiger partial charge in [-0.2, -0.15) is 10.2 Å². The summed E-state index contributed by atoms with van der Waals surface area (Å²) in [6, 6.07) is 9.10. The lowest BCUT2D eigenvalue weighted by Crippen LogP contribution is -2.24. The Kier molecular flexibility index (Phi) is 5.02. The first-order valence-electron chi connectivity index (χ1n) is 6.55. The van der Waals surface area contributed by atoms with Gasteiger partial charge in [0.15, 0.2) is 0 Å². The molecular formula is C16H16N4O. The fourth-order valence-electron chi connectivity index (χ4n) is 1.79. The van der Waals surface area contributed by atoms with Gasteiger partial charge in [0, 0.05) is 17.3 Å². The topological polar surface area (TPSA) is 80.9 Å². The average molecular weight is 280 g/mol. The fourth-order valence-corrected chi connectivity index (χ4v) is 1.79. The first-order chi connectivity index (χ1) is 10.2. The number of carbonyl (C=O) groups excluding carboxylic acids is 1. The predicted molar refractivity (Wildman–Crippen MR) is 80.3 cm³/mol. The van der Waals surface area contributed by atoms with Crippen molar-refractivity contribution in [3.63, 3.8) is 0 Å². The molecule has 0 aliphatic carbocycles. The molecule has 0 bridgehead atoms. The summed E-state index contributed by atoms with van der Waals surface area (Å²) in [5.41, 5.74) is 8.33. The highest BCUT2D eigenvalue weighted by Crippen LogP contribution is 2.11. The second kappa shape index (κ2) is 7.17. The first kappa shape index (κ1) is 14.7. The summed E-state index contributed by atoms with van der Waals surface area (Å²) >= 11 is 0. The molecule has 0 aliphatic rings. The molecule has 0 fully saturated rings. The van der Waals surface area contributed by atoms with E-state index in [0.29, 0.717) is 24.3 Å². The van der Waals surface area contributed by atoms with Crippen LogP contribution in [0.2, 0.25) is 0 Å². The summed E-state index contributed by atoms with van der Waals surface area (Å²) in [5, 5.41) is 10.5. The third kappa shape index (κ3) is 4.13. The molecule has 2 aromatic rings. The van der Waals surface area contributed by atoms with Gasteiger partial charge in [0.1, 0.15) is 0 Å². The molecule has 1 aromatic carbocycles. The Morgan fingerprint density at radius 1 is 1.38 bits per heavy atom. The number of amides is 1. The highest BCUT2D eigenvalue weighted by atomic mass is 16.1. The molecule has 21 heavy (non-hydrogen) atoms. The molecule has 3 N–H and O–H groups in total. The van der Waals surface area contributed by atoms with Gasteiger partial charge in [-0.3, -0.25) is 4.79 Å². The molecule has 106 valence electrons. The molecular weight excluding hydrogens is 264 g/mol. The minimum absolute atomic E-state index is 0.158. The van der Waals surface area contributed by atoms with Crippen molar-refractivity contribution in [3.05, 3.63) is 58.9 Å². The van der Waals surface area contributed by atoms with Gasteiger partial charge >= 0.3 is 0 Å². The summed E-state index contributed by atoms with van der Waals surface area (Å²) < 4.78 is 0. The SMILES string of the molecule is Cc1ccc(C#CCN)cc1C(=O)NCc1cccnn1. The van der Waals surface area contributed by atoms with Crippen LogP contribution >= 0.6 is 0 Å². The molecule has 0 unspecified atom stereocenters. The molecule has 5 heteroatoms. The molecule has 0 spiro atoms. The van der Waals surface area contributed by atoms with Crippen molar-refractivity contribution < 1.29 is 4.79 Å². The van der Waals surface area contributed by atoms with Crippen molar-refractivity contribution in [2.24, 2.45) is 5.73 Å². The van der Waals surface area contributed by atoms with Crippen LogP contribution in [0.15, 0.2) is 36.5 Å². The number of hydrogen-bond donors (Lipinski definition) is 2. The molecule has 1 heterocycles. The Labute approximate surface area is 123 Å². The van der Waals surface area contributed by atoms with E-state index in [-0.39, 0.29) is 5.91 Å². The van der Waals surface area contributed by atoms with Gasteiger partial charge in [0.2, 0.25) is 0 Å². The molecule has 2 rings (SSSR count). The van der Waals surface area contributed by atoms with E-state index >= 15 is 0 Å². The number of nitrogens with zero attached hydrogens (tertiary/aromatic N) is 2. The summed E-state index contributed by atoms with van der Waals surface area (Å²) in [6.07, 6.45) is 1.59. The molecule has 5 nitrogen and oxygen atoms in total. The monoisotopic (exact) mass is 280 g/mol. The van der Waals surface area contributed by atoms with Crippen LogP contribution in [0.25, 0.3) is 0 Å². The Morgan fingerprint density at radius 3 is 2.95 bits per heavy atom. The van der Waals surface area contributed by atoms with Gasteiger partial charge < -0.3 is 11.1 Å². The Morgan fingerprint density at radius 2 is 2.24 bits per heavy atom. The molecule has 1 amide bonds. The number of carbonyl (C=O) groups is 1. The normalized spacial score (nSPS) is 9.62. The number of hydrogen-bond acceptors (Lipinski definition) is 4. The number of nitrogens with one attached hydrogen (secondary N) is 1. The summed E-state index contributed by atoms with van der Waals surface area (Å²) in [7, 11) is 0. The van der Waals surface area contributed by atoms with Gasteiger partial charge in [0.25, 0.3) is 5.91 Å². The van der Waals surface area contributed by atoms with Crippen LogP contribution < -0.4 is 11.1 Å².